The van der Waals surface area contributed by atoms with Gasteiger partial charge in [-0.15, -0.1) is 0 Å². The van der Waals surface area contributed by atoms with Gasteiger partial charge in [0.25, 0.3) is 0 Å². The van der Waals surface area contributed by atoms with Crippen LogP contribution in [0.2, 0.25) is 0 Å². The molecule has 2 rings (SSSR count). The molecule has 1 unspecified atom stereocenters. The molecule has 0 heterocycles. The molecule has 19 heavy (non-hydrogen) atoms. The summed E-state index contributed by atoms with van der Waals surface area (Å²) in [6, 6.07) is 10.9. The molecule has 0 amide bonds. The summed E-state index contributed by atoms with van der Waals surface area (Å²) in [5.74, 6) is 6.27. The first kappa shape index (κ1) is 13.9. The van der Waals surface area contributed by atoms with Crippen molar-refractivity contribution in [1.29, 1.82) is 0 Å². The fourth-order valence-corrected chi connectivity index (χ4v) is 2.54. The molecule has 1 fully saturated rings. The summed E-state index contributed by atoms with van der Waals surface area (Å²) in [5.41, 5.74) is 3.92. The van der Waals surface area contributed by atoms with Crippen molar-refractivity contribution in [3.05, 3.63) is 35.9 Å². The van der Waals surface area contributed by atoms with Crippen LogP contribution in [0.5, 0.6) is 0 Å². The smallest absolute Gasteiger partial charge is 0.206 e. The molecule has 104 valence electrons. The van der Waals surface area contributed by atoms with Crippen LogP contribution < -0.4 is 16.6 Å². The maximum Gasteiger partial charge on any atom is 0.206 e. The van der Waals surface area contributed by atoms with E-state index < -0.39 is 0 Å². The average Bonchev–Trinajstić information content (AvgIpc) is 2.48. The van der Waals surface area contributed by atoms with Crippen molar-refractivity contribution < 1.29 is 0 Å². The zero-order valence-corrected chi connectivity index (χ0v) is 11.6. The molecular formula is C15H24N4. The Bertz CT molecular complexity index is 396. The van der Waals surface area contributed by atoms with Gasteiger partial charge in [-0.25, -0.2) is 10.8 Å². The molecular weight excluding hydrogens is 236 g/mol. The Morgan fingerprint density at radius 1 is 1.21 bits per heavy atom. The Balaban J connectivity index is 1.96. The van der Waals surface area contributed by atoms with Crippen LogP contribution in [-0.4, -0.2) is 12.0 Å². The van der Waals surface area contributed by atoms with Crippen molar-refractivity contribution in [3.8, 4) is 0 Å². The number of nitrogens with one attached hydrogen (secondary N) is 2. The highest BCUT2D eigenvalue weighted by Crippen LogP contribution is 2.20. The Morgan fingerprint density at radius 3 is 2.53 bits per heavy atom. The SMILES string of the molecule is CC(NC(=NC1CCCCC1)NN)c1ccccc1. The van der Waals surface area contributed by atoms with Crippen molar-refractivity contribution in [2.45, 2.75) is 51.1 Å². The van der Waals surface area contributed by atoms with Gasteiger partial charge in [0, 0.05) is 0 Å². The van der Waals surface area contributed by atoms with Crippen molar-refractivity contribution >= 4 is 5.96 Å². The third-order valence-electron chi connectivity index (χ3n) is 3.68. The second-order valence-corrected chi connectivity index (χ2v) is 5.19. The predicted molar refractivity (Wildman–Crippen MR) is 79.6 cm³/mol. The summed E-state index contributed by atoms with van der Waals surface area (Å²) in [6.07, 6.45) is 6.24. The first-order valence-electron chi connectivity index (χ1n) is 7.15. The largest absolute Gasteiger partial charge is 0.349 e. The summed E-state index contributed by atoms with van der Waals surface area (Å²) in [6.45, 7) is 2.11. The normalized spacial score (nSPS) is 18.9. The third kappa shape index (κ3) is 4.24. The molecule has 4 heteroatoms. The highest BCUT2D eigenvalue weighted by atomic mass is 15.3. The van der Waals surface area contributed by atoms with E-state index in [2.05, 4.69) is 34.8 Å². The van der Waals surface area contributed by atoms with E-state index >= 15 is 0 Å². The zero-order chi connectivity index (χ0) is 13.5. The summed E-state index contributed by atoms with van der Waals surface area (Å²) in [7, 11) is 0. The molecule has 1 saturated carbocycles. The number of guanidine groups is 1. The molecule has 0 saturated heterocycles. The molecule has 4 nitrogen and oxygen atoms in total. The van der Waals surface area contributed by atoms with Crippen LogP contribution in [0.15, 0.2) is 35.3 Å². The Labute approximate surface area is 115 Å². The third-order valence-corrected chi connectivity index (χ3v) is 3.68. The van der Waals surface area contributed by atoms with E-state index in [1.54, 1.807) is 0 Å². The maximum atomic E-state index is 5.57. The first-order chi connectivity index (χ1) is 9.29. The van der Waals surface area contributed by atoms with Gasteiger partial charge in [-0.05, 0) is 25.3 Å². The van der Waals surface area contributed by atoms with E-state index in [1.807, 2.05) is 18.2 Å². The van der Waals surface area contributed by atoms with Crippen LogP contribution >= 0.6 is 0 Å². The number of hydrazine groups is 1. The number of nitrogens with two attached hydrogens (primary N) is 1. The van der Waals surface area contributed by atoms with Crippen molar-refractivity contribution in [2.24, 2.45) is 10.8 Å². The molecule has 1 aliphatic rings. The molecule has 4 N–H and O–H groups in total. The topological polar surface area (TPSA) is 62.4 Å². The number of aliphatic imine (C=N–C) groups is 1. The Morgan fingerprint density at radius 2 is 1.89 bits per heavy atom. The van der Waals surface area contributed by atoms with Crippen LogP contribution in [0.1, 0.15) is 50.6 Å². The lowest BCUT2D eigenvalue weighted by molar-refractivity contribution is 0.440. The second kappa shape index (κ2) is 7.14. The lowest BCUT2D eigenvalue weighted by atomic mass is 9.96. The van der Waals surface area contributed by atoms with Gasteiger partial charge in [0.1, 0.15) is 0 Å². The summed E-state index contributed by atoms with van der Waals surface area (Å²) in [4.78, 5) is 4.69. The van der Waals surface area contributed by atoms with Gasteiger partial charge in [-0.1, -0.05) is 49.6 Å². The predicted octanol–water partition coefficient (Wildman–Crippen LogP) is 2.49. The molecule has 0 spiro atoms. The number of benzene rings is 1. The molecule has 0 radical (unpaired) electrons. The quantitative estimate of drug-likeness (QED) is 0.339. The van der Waals surface area contributed by atoms with Gasteiger partial charge in [-0.2, -0.15) is 0 Å². The fourth-order valence-electron chi connectivity index (χ4n) is 2.54. The molecule has 0 aliphatic heterocycles. The maximum absolute atomic E-state index is 5.57. The van der Waals surface area contributed by atoms with Crippen molar-refractivity contribution in [2.75, 3.05) is 0 Å². The highest BCUT2D eigenvalue weighted by Gasteiger charge is 2.14. The van der Waals surface area contributed by atoms with Gasteiger partial charge in [0.15, 0.2) is 0 Å². The highest BCUT2D eigenvalue weighted by molar-refractivity contribution is 5.79. The average molecular weight is 260 g/mol. The first-order valence-corrected chi connectivity index (χ1v) is 7.15. The number of hydrogen-bond donors (Lipinski definition) is 3. The van der Waals surface area contributed by atoms with Crippen molar-refractivity contribution in [3.63, 3.8) is 0 Å². The van der Waals surface area contributed by atoms with E-state index in [1.165, 1.54) is 37.7 Å². The van der Waals surface area contributed by atoms with Gasteiger partial charge in [0.05, 0.1) is 12.1 Å². The summed E-state index contributed by atoms with van der Waals surface area (Å²) >= 11 is 0. The van der Waals surface area contributed by atoms with Crippen LogP contribution in [0.3, 0.4) is 0 Å². The summed E-state index contributed by atoms with van der Waals surface area (Å²) in [5, 5.41) is 3.34. The molecule has 1 atom stereocenters. The molecule has 0 aromatic heterocycles. The van der Waals surface area contributed by atoms with Gasteiger partial charge in [-0.3, -0.25) is 5.43 Å². The van der Waals surface area contributed by atoms with Crippen molar-refractivity contribution in [1.82, 2.24) is 10.7 Å². The second-order valence-electron chi connectivity index (χ2n) is 5.19. The zero-order valence-electron chi connectivity index (χ0n) is 11.6. The van der Waals surface area contributed by atoms with E-state index in [0.717, 1.165) is 0 Å². The van der Waals surface area contributed by atoms with Crippen LogP contribution in [0.4, 0.5) is 0 Å². The van der Waals surface area contributed by atoms with Gasteiger partial charge in [0.2, 0.25) is 5.96 Å². The van der Waals surface area contributed by atoms with E-state index in [9.17, 15) is 0 Å². The molecule has 1 aromatic carbocycles. The van der Waals surface area contributed by atoms with E-state index in [0.29, 0.717) is 12.0 Å². The molecule has 1 aliphatic carbocycles. The molecule has 1 aromatic rings. The van der Waals surface area contributed by atoms with Gasteiger partial charge >= 0.3 is 0 Å². The minimum absolute atomic E-state index is 0.194. The molecule has 0 bridgehead atoms. The number of nitrogens with zero attached hydrogens (tertiary/aromatic N) is 1. The minimum Gasteiger partial charge on any atom is -0.349 e. The van der Waals surface area contributed by atoms with Crippen LogP contribution in [-0.2, 0) is 0 Å². The van der Waals surface area contributed by atoms with Crippen LogP contribution in [0.25, 0.3) is 0 Å². The monoisotopic (exact) mass is 260 g/mol. The lowest BCUT2D eigenvalue weighted by Crippen LogP contribution is -2.43. The minimum atomic E-state index is 0.194. The Hall–Kier alpha value is -1.55. The summed E-state index contributed by atoms with van der Waals surface area (Å²) < 4.78 is 0. The lowest BCUT2D eigenvalue weighted by Gasteiger charge is -2.21. The number of hydrogen-bond acceptors (Lipinski definition) is 2. The Kier molecular flexibility index (Phi) is 5.21. The fraction of sp³-hybridized carbons (Fsp3) is 0.533. The van der Waals surface area contributed by atoms with Gasteiger partial charge < -0.3 is 5.32 Å². The van der Waals surface area contributed by atoms with Crippen LogP contribution in [0, 0.1) is 0 Å². The van der Waals surface area contributed by atoms with E-state index in [-0.39, 0.29) is 6.04 Å². The van der Waals surface area contributed by atoms with E-state index in [4.69, 9.17) is 5.84 Å². The number of rotatable bonds is 3. The standard InChI is InChI=1S/C15H24N4/c1-12(13-8-4-2-5-9-13)17-15(19-16)18-14-10-6-3-7-11-14/h2,4-5,8-9,12,14H,3,6-7,10-11,16H2,1H3,(H2,17,18,19).